The van der Waals surface area contributed by atoms with Crippen molar-refractivity contribution in [2.24, 2.45) is 0 Å². The zero-order valence-corrected chi connectivity index (χ0v) is 9.82. The Morgan fingerprint density at radius 1 is 1.12 bits per heavy atom. The molecule has 1 N–H and O–H groups in total. The highest BCUT2D eigenvalue weighted by Gasteiger charge is 2.31. The van der Waals surface area contributed by atoms with E-state index in [2.05, 4.69) is 4.99 Å². The lowest BCUT2D eigenvalue weighted by Crippen LogP contribution is -2.81. The minimum absolute atomic E-state index is 0.105. The van der Waals surface area contributed by atoms with Gasteiger partial charge in [0.25, 0.3) is 0 Å². The Labute approximate surface area is 97.2 Å². The first-order valence-corrected chi connectivity index (χ1v) is 5.07. The van der Waals surface area contributed by atoms with Crippen molar-refractivity contribution in [1.29, 1.82) is 0 Å². The molecule has 0 fully saturated rings. The van der Waals surface area contributed by atoms with Gasteiger partial charge in [-0.25, -0.2) is 9.38 Å². The predicted octanol–water partition coefficient (Wildman–Crippen LogP) is 2.14. The van der Waals surface area contributed by atoms with Crippen LogP contribution < -0.4 is 4.99 Å². The number of nitrogens with one attached hydrogen (secondary N) is 1. The van der Waals surface area contributed by atoms with Crippen LogP contribution in [0.5, 0.6) is 0 Å². The molecule has 1 aromatic carbocycles. The lowest BCUT2D eigenvalue weighted by molar-refractivity contribution is -0.533. The average Bonchev–Trinajstić information content (AvgIpc) is 2.12. The molecule has 0 atom stereocenters. The Balaban J connectivity index is 3.03. The smallest absolute Gasteiger partial charge is 0.243 e. The van der Waals surface area contributed by atoms with Crippen molar-refractivity contribution in [1.82, 2.24) is 0 Å². The molecule has 0 spiro atoms. The fourth-order valence-electron chi connectivity index (χ4n) is 1.11. The molecule has 0 aliphatic heterocycles. The van der Waals surface area contributed by atoms with Crippen LogP contribution in [0.4, 0.5) is 17.6 Å². The molecule has 0 saturated heterocycles. The molecule has 0 saturated carbocycles. The van der Waals surface area contributed by atoms with Crippen LogP contribution in [0, 0.1) is 5.82 Å². The van der Waals surface area contributed by atoms with Crippen LogP contribution in [0.2, 0.25) is 0 Å². The molecule has 0 unspecified atom stereocenters. The van der Waals surface area contributed by atoms with Crippen molar-refractivity contribution in [3.63, 3.8) is 0 Å². The van der Waals surface area contributed by atoms with Gasteiger partial charge < -0.3 is 0 Å². The van der Waals surface area contributed by atoms with Gasteiger partial charge in [-0.05, 0) is 39.0 Å². The second kappa shape index (κ2) is 4.47. The van der Waals surface area contributed by atoms with Crippen molar-refractivity contribution in [2.45, 2.75) is 32.5 Å². The van der Waals surface area contributed by atoms with Crippen molar-refractivity contribution in [2.75, 3.05) is 0 Å². The second-order valence-electron chi connectivity index (χ2n) is 4.77. The van der Waals surface area contributed by atoms with Crippen molar-refractivity contribution in [3.05, 3.63) is 35.1 Å². The van der Waals surface area contributed by atoms with Gasteiger partial charge in [0.2, 0.25) is 0 Å². The topological polar surface area (TPSA) is 14.0 Å². The van der Waals surface area contributed by atoms with Crippen LogP contribution >= 0.6 is 0 Å². The molecule has 0 aliphatic carbocycles. The molecule has 1 rings (SSSR count). The third-order valence-corrected chi connectivity index (χ3v) is 1.99. The monoisotopic (exact) mass is 248 g/mol. The third kappa shape index (κ3) is 4.17. The van der Waals surface area contributed by atoms with Crippen LogP contribution in [-0.4, -0.2) is 11.8 Å². The van der Waals surface area contributed by atoms with Crippen LogP contribution in [0.1, 0.15) is 31.9 Å². The van der Waals surface area contributed by atoms with Gasteiger partial charge in [0.15, 0.2) is 11.8 Å². The predicted molar refractivity (Wildman–Crippen MR) is 57.3 cm³/mol. The zero-order valence-electron chi connectivity index (χ0n) is 9.82. The maximum absolute atomic E-state index is 13.4. The van der Waals surface area contributed by atoms with Crippen molar-refractivity contribution >= 4 is 6.21 Å². The Morgan fingerprint density at radius 3 is 2.12 bits per heavy atom. The molecule has 0 heterocycles. The first-order valence-electron chi connectivity index (χ1n) is 5.07. The summed E-state index contributed by atoms with van der Waals surface area (Å²) >= 11 is 0. The normalized spacial score (nSPS) is 13.4. The quantitative estimate of drug-likeness (QED) is 0.578. The Hall–Kier alpha value is -1.39. The molecule has 94 valence electrons. The fraction of sp³-hybridized carbons (Fsp3) is 0.417. The van der Waals surface area contributed by atoms with E-state index in [9.17, 15) is 17.6 Å². The van der Waals surface area contributed by atoms with E-state index in [0.29, 0.717) is 6.07 Å². The van der Waals surface area contributed by atoms with E-state index in [4.69, 9.17) is 0 Å². The molecular weight excluding hydrogens is 234 g/mol. The summed E-state index contributed by atoms with van der Waals surface area (Å²) in [5.74, 6) is -0.892. The first kappa shape index (κ1) is 13.7. The fourth-order valence-corrected chi connectivity index (χ4v) is 1.11. The van der Waals surface area contributed by atoms with E-state index in [1.807, 2.05) is 20.8 Å². The number of hydrogen-bond donors (Lipinski definition) is 1. The molecule has 0 aromatic heterocycles. The minimum Gasteiger partial charge on any atom is -0.243 e. The van der Waals surface area contributed by atoms with Gasteiger partial charge in [-0.1, -0.05) is 0 Å². The van der Waals surface area contributed by atoms with E-state index in [-0.39, 0.29) is 11.1 Å². The highest BCUT2D eigenvalue weighted by atomic mass is 19.4. The molecule has 5 heteroatoms. The van der Waals surface area contributed by atoms with Crippen molar-refractivity contribution < 1.29 is 22.6 Å². The lowest BCUT2D eigenvalue weighted by atomic mass is 10.1. The van der Waals surface area contributed by atoms with Crippen LogP contribution in [0.15, 0.2) is 18.2 Å². The van der Waals surface area contributed by atoms with Gasteiger partial charge in [0, 0.05) is 0 Å². The number of rotatable bonds is 1. The maximum Gasteiger partial charge on any atom is 0.416 e. The number of benzene rings is 1. The van der Waals surface area contributed by atoms with E-state index >= 15 is 0 Å². The SMILES string of the molecule is CC(C)(C)[NH+]=Cc1ccc(C(F)(F)F)cc1F. The highest BCUT2D eigenvalue weighted by Crippen LogP contribution is 2.29. The summed E-state index contributed by atoms with van der Waals surface area (Å²) in [6, 6.07) is 2.46. The lowest BCUT2D eigenvalue weighted by Gasteiger charge is -2.07. The van der Waals surface area contributed by atoms with Gasteiger partial charge in [-0.15, -0.1) is 0 Å². The molecule has 1 nitrogen and oxygen atoms in total. The summed E-state index contributed by atoms with van der Waals surface area (Å²) < 4.78 is 50.2. The van der Waals surface area contributed by atoms with Crippen LogP contribution in [0.25, 0.3) is 0 Å². The third-order valence-electron chi connectivity index (χ3n) is 1.99. The van der Waals surface area contributed by atoms with E-state index < -0.39 is 17.6 Å². The Bertz CT molecular complexity index is 427. The summed E-state index contributed by atoms with van der Waals surface area (Å²) in [4.78, 5) is 2.89. The summed E-state index contributed by atoms with van der Waals surface area (Å²) in [6.07, 6.45) is -3.15. The van der Waals surface area contributed by atoms with Gasteiger partial charge >= 0.3 is 6.18 Å². The average molecular weight is 248 g/mol. The maximum atomic E-state index is 13.4. The standard InChI is InChI=1S/C12H13F4N/c1-11(2,3)17-7-8-4-5-9(6-10(8)13)12(14,15)16/h4-7H,1-3H3/p+1. The molecule has 0 radical (unpaired) electrons. The zero-order chi connectivity index (χ0) is 13.3. The van der Waals surface area contributed by atoms with Gasteiger partial charge in [0.05, 0.1) is 11.1 Å². The van der Waals surface area contributed by atoms with E-state index in [1.54, 1.807) is 0 Å². The first-order chi connectivity index (χ1) is 7.59. The molecule has 17 heavy (non-hydrogen) atoms. The van der Waals surface area contributed by atoms with Gasteiger partial charge in [-0.2, -0.15) is 13.2 Å². The van der Waals surface area contributed by atoms with Gasteiger partial charge in [-0.3, -0.25) is 0 Å². The molecule has 0 aliphatic rings. The van der Waals surface area contributed by atoms with Crippen LogP contribution in [-0.2, 0) is 6.18 Å². The number of hydrogen-bond acceptors (Lipinski definition) is 0. The Kier molecular flexibility index (Phi) is 3.59. The molecule has 0 amide bonds. The summed E-state index contributed by atoms with van der Waals surface area (Å²) in [5.41, 5.74) is -1.15. The largest absolute Gasteiger partial charge is 0.416 e. The number of halogens is 4. The van der Waals surface area contributed by atoms with Crippen LogP contribution in [0.3, 0.4) is 0 Å². The highest BCUT2D eigenvalue weighted by molar-refractivity contribution is 5.75. The second-order valence-corrected chi connectivity index (χ2v) is 4.77. The molecule has 0 bridgehead atoms. The Morgan fingerprint density at radius 2 is 1.71 bits per heavy atom. The summed E-state index contributed by atoms with van der Waals surface area (Å²) in [5, 5.41) is 0. The molecular formula is C12H14F4N+. The number of alkyl halides is 3. The minimum atomic E-state index is -4.52. The van der Waals surface area contributed by atoms with E-state index in [1.165, 1.54) is 6.21 Å². The van der Waals surface area contributed by atoms with E-state index in [0.717, 1.165) is 12.1 Å². The van der Waals surface area contributed by atoms with Gasteiger partial charge in [0.1, 0.15) is 5.82 Å². The molecule has 1 aromatic rings. The summed E-state index contributed by atoms with van der Waals surface area (Å²) in [7, 11) is 0. The van der Waals surface area contributed by atoms with Crippen molar-refractivity contribution in [3.8, 4) is 0 Å². The summed E-state index contributed by atoms with van der Waals surface area (Å²) in [6.45, 7) is 5.60.